The maximum Gasteiger partial charge on any atom is 0.511 e. The van der Waals surface area contributed by atoms with Crippen LogP contribution in [0.15, 0.2) is 18.3 Å². The molecule has 0 aliphatic carbocycles. The number of H-pyrrole nitrogens is 1. The summed E-state index contributed by atoms with van der Waals surface area (Å²) in [5.74, 6) is 0.502. The van der Waals surface area contributed by atoms with E-state index in [9.17, 15) is 4.79 Å². The maximum atomic E-state index is 10.4. The molecule has 0 saturated heterocycles. The van der Waals surface area contributed by atoms with Gasteiger partial charge >= 0.3 is 6.16 Å². The van der Waals surface area contributed by atoms with Crippen molar-refractivity contribution < 1.29 is 19.4 Å². The number of methoxy groups -OCH3 is 1. The molecule has 0 aliphatic heterocycles. The molecule has 0 unspecified atom stereocenters. The smallest absolute Gasteiger partial charge is 0.492 e. The molecule has 0 spiro atoms. The topological polar surface area (TPSA) is 84.4 Å². The first-order valence-electron chi connectivity index (χ1n) is 4.13. The van der Waals surface area contributed by atoms with Crippen LogP contribution in [0.5, 0.6) is 11.5 Å². The molecule has 6 nitrogen and oxygen atoms in total. The van der Waals surface area contributed by atoms with E-state index in [2.05, 4.69) is 14.9 Å². The largest absolute Gasteiger partial charge is 0.511 e. The molecule has 2 rings (SSSR count). The van der Waals surface area contributed by atoms with Crippen molar-refractivity contribution in [3.63, 3.8) is 0 Å². The number of carboxylic acid groups (broad SMARTS) is 1. The molecule has 78 valence electrons. The van der Waals surface area contributed by atoms with Crippen molar-refractivity contribution in [1.82, 2.24) is 10.2 Å². The summed E-state index contributed by atoms with van der Waals surface area (Å²) in [7, 11) is 1.44. The Morgan fingerprint density at radius 3 is 3.00 bits per heavy atom. The fourth-order valence-electron chi connectivity index (χ4n) is 1.36. The van der Waals surface area contributed by atoms with Crippen LogP contribution in [0.25, 0.3) is 10.9 Å². The molecule has 1 aromatic heterocycles. The molecule has 0 fully saturated rings. The van der Waals surface area contributed by atoms with Crippen LogP contribution in [0.2, 0.25) is 0 Å². The Balaban J connectivity index is 2.58. The van der Waals surface area contributed by atoms with Crippen molar-refractivity contribution in [1.29, 1.82) is 0 Å². The first-order valence-corrected chi connectivity index (χ1v) is 4.13. The summed E-state index contributed by atoms with van der Waals surface area (Å²) in [6.07, 6.45) is 0.166. The molecule has 1 aromatic carbocycles. The SMILES string of the molecule is COc1c(OC(=O)O)ccc2[nH]ncc12. The van der Waals surface area contributed by atoms with Gasteiger partial charge in [0.25, 0.3) is 0 Å². The third kappa shape index (κ3) is 1.56. The third-order valence-electron chi connectivity index (χ3n) is 1.94. The van der Waals surface area contributed by atoms with Crippen molar-refractivity contribution in [2.45, 2.75) is 0 Å². The maximum absolute atomic E-state index is 10.4. The quantitative estimate of drug-likeness (QED) is 0.578. The average molecular weight is 208 g/mol. The molecule has 2 aromatic rings. The van der Waals surface area contributed by atoms with Gasteiger partial charge in [-0.1, -0.05) is 0 Å². The van der Waals surface area contributed by atoms with Gasteiger partial charge in [-0.05, 0) is 12.1 Å². The molecule has 0 saturated carbocycles. The average Bonchev–Trinajstić information content (AvgIpc) is 2.64. The first kappa shape index (κ1) is 9.32. The molecule has 0 atom stereocenters. The number of rotatable bonds is 2. The van der Waals surface area contributed by atoms with E-state index in [0.717, 1.165) is 5.52 Å². The van der Waals surface area contributed by atoms with E-state index >= 15 is 0 Å². The summed E-state index contributed by atoms with van der Waals surface area (Å²) in [5, 5.41) is 15.7. The number of benzene rings is 1. The molecule has 0 bridgehead atoms. The number of fused-ring (bicyclic) bond motifs is 1. The number of aromatic nitrogens is 2. The van der Waals surface area contributed by atoms with Gasteiger partial charge in [-0.3, -0.25) is 5.10 Å². The molecule has 2 N–H and O–H groups in total. The molecule has 15 heavy (non-hydrogen) atoms. The molecule has 0 radical (unpaired) electrons. The number of hydrogen-bond acceptors (Lipinski definition) is 4. The van der Waals surface area contributed by atoms with Crippen molar-refractivity contribution in [3.8, 4) is 11.5 Å². The first-order chi connectivity index (χ1) is 7.22. The predicted octanol–water partition coefficient (Wildman–Crippen LogP) is 1.63. The minimum atomic E-state index is -1.38. The van der Waals surface area contributed by atoms with Gasteiger partial charge in [-0.25, -0.2) is 4.79 Å². The van der Waals surface area contributed by atoms with Crippen LogP contribution >= 0.6 is 0 Å². The van der Waals surface area contributed by atoms with Crippen LogP contribution in [0, 0.1) is 0 Å². The van der Waals surface area contributed by atoms with E-state index in [1.807, 2.05) is 0 Å². The van der Waals surface area contributed by atoms with Gasteiger partial charge in [0.15, 0.2) is 11.5 Å². The van der Waals surface area contributed by atoms with Crippen LogP contribution in [-0.2, 0) is 0 Å². The zero-order chi connectivity index (χ0) is 10.8. The summed E-state index contributed by atoms with van der Waals surface area (Å²) < 4.78 is 9.63. The summed E-state index contributed by atoms with van der Waals surface area (Å²) in [6.45, 7) is 0. The minimum Gasteiger partial charge on any atom is -0.492 e. The van der Waals surface area contributed by atoms with Crippen molar-refractivity contribution in [2.75, 3.05) is 7.11 Å². The number of hydrogen-bond donors (Lipinski definition) is 2. The number of carbonyl (C=O) groups is 1. The van der Waals surface area contributed by atoms with E-state index < -0.39 is 6.16 Å². The highest BCUT2D eigenvalue weighted by Crippen LogP contribution is 2.34. The van der Waals surface area contributed by atoms with Gasteiger partial charge < -0.3 is 14.6 Å². The standard InChI is InChI=1S/C9H8N2O4/c1-14-8-5-4-10-11-6(5)2-3-7(8)15-9(12)13/h2-4H,1H3,(H,10,11)(H,12,13). The lowest BCUT2D eigenvalue weighted by molar-refractivity contribution is 0.143. The Labute approximate surface area is 84.4 Å². The van der Waals surface area contributed by atoms with E-state index in [0.29, 0.717) is 11.1 Å². The van der Waals surface area contributed by atoms with E-state index in [1.165, 1.54) is 13.2 Å². The van der Waals surface area contributed by atoms with Gasteiger partial charge in [-0.2, -0.15) is 5.10 Å². The zero-order valence-corrected chi connectivity index (χ0v) is 7.85. The van der Waals surface area contributed by atoms with Gasteiger partial charge in [0.2, 0.25) is 0 Å². The molecular weight excluding hydrogens is 200 g/mol. The number of nitrogens with one attached hydrogen (secondary N) is 1. The van der Waals surface area contributed by atoms with Crippen molar-refractivity contribution in [3.05, 3.63) is 18.3 Å². The third-order valence-corrected chi connectivity index (χ3v) is 1.94. The summed E-state index contributed by atoms with van der Waals surface area (Å²) in [5.41, 5.74) is 0.754. The fourth-order valence-corrected chi connectivity index (χ4v) is 1.36. The van der Waals surface area contributed by atoms with Gasteiger partial charge in [0, 0.05) is 0 Å². The fraction of sp³-hybridized carbons (Fsp3) is 0.111. The highest BCUT2D eigenvalue weighted by atomic mass is 16.7. The van der Waals surface area contributed by atoms with E-state index in [1.54, 1.807) is 12.3 Å². The molecule has 0 amide bonds. The lowest BCUT2D eigenvalue weighted by Crippen LogP contribution is -2.04. The van der Waals surface area contributed by atoms with Crippen molar-refractivity contribution >= 4 is 17.1 Å². The normalized spacial score (nSPS) is 10.2. The van der Waals surface area contributed by atoms with Gasteiger partial charge in [-0.15, -0.1) is 0 Å². The van der Waals surface area contributed by atoms with E-state index in [4.69, 9.17) is 9.84 Å². The number of nitrogens with zero attached hydrogens (tertiary/aromatic N) is 1. The Kier molecular flexibility index (Phi) is 2.17. The second-order valence-electron chi connectivity index (χ2n) is 2.80. The van der Waals surface area contributed by atoms with Crippen LogP contribution in [-0.4, -0.2) is 28.6 Å². The van der Waals surface area contributed by atoms with Crippen LogP contribution in [0.4, 0.5) is 4.79 Å². The number of ether oxygens (including phenoxy) is 2. The molecule has 6 heteroatoms. The Bertz CT molecular complexity index is 506. The van der Waals surface area contributed by atoms with Gasteiger partial charge in [0.05, 0.1) is 24.2 Å². The highest BCUT2D eigenvalue weighted by Gasteiger charge is 2.13. The summed E-state index contributed by atoms with van der Waals surface area (Å²) in [4.78, 5) is 10.4. The van der Waals surface area contributed by atoms with Crippen molar-refractivity contribution in [2.24, 2.45) is 0 Å². The van der Waals surface area contributed by atoms with Crippen LogP contribution in [0.3, 0.4) is 0 Å². The van der Waals surface area contributed by atoms with Crippen LogP contribution in [0.1, 0.15) is 0 Å². The minimum absolute atomic E-state index is 0.152. The Hall–Kier alpha value is -2.24. The Morgan fingerprint density at radius 2 is 2.33 bits per heavy atom. The highest BCUT2D eigenvalue weighted by molar-refractivity contribution is 5.88. The molecule has 1 heterocycles. The second kappa shape index (κ2) is 3.49. The second-order valence-corrected chi connectivity index (χ2v) is 2.80. The molecule has 0 aliphatic rings. The zero-order valence-electron chi connectivity index (χ0n) is 7.85. The lowest BCUT2D eigenvalue weighted by atomic mass is 10.2. The lowest BCUT2D eigenvalue weighted by Gasteiger charge is -2.07. The predicted molar refractivity (Wildman–Crippen MR) is 51.3 cm³/mol. The molecular formula is C9H8N2O4. The Morgan fingerprint density at radius 1 is 1.53 bits per heavy atom. The van der Waals surface area contributed by atoms with E-state index in [-0.39, 0.29) is 5.75 Å². The summed E-state index contributed by atoms with van der Waals surface area (Å²) in [6, 6.07) is 3.18. The monoisotopic (exact) mass is 208 g/mol. The summed E-state index contributed by atoms with van der Waals surface area (Å²) >= 11 is 0. The number of aromatic amines is 1. The van der Waals surface area contributed by atoms with Crippen LogP contribution < -0.4 is 9.47 Å². The van der Waals surface area contributed by atoms with Gasteiger partial charge in [0.1, 0.15) is 0 Å².